The molecule has 0 saturated carbocycles. The number of hydrogen-bond donors (Lipinski definition) is 3. The molecule has 0 radical (unpaired) electrons. The lowest BCUT2D eigenvalue weighted by molar-refractivity contribution is -0.161. The van der Waals surface area contributed by atoms with Crippen molar-refractivity contribution in [2.75, 3.05) is 19.8 Å². The van der Waals surface area contributed by atoms with Crippen LogP contribution >= 0.6 is 7.82 Å². The molecule has 0 amide bonds. The summed E-state index contributed by atoms with van der Waals surface area (Å²) in [5.74, 6) is -2.45. The molecule has 0 aromatic heterocycles. The Kier molecular flexibility index (Phi) is 32.8. The van der Waals surface area contributed by atoms with Gasteiger partial charge in [-0.3, -0.25) is 23.4 Å². The molecule has 51 heavy (non-hydrogen) atoms. The summed E-state index contributed by atoms with van der Waals surface area (Å²) >= 11 is 0. The van der Waals surface area contributed by atoms with Gasteiger partial charge in [0.05, 0.1) is 13.2 Å². The van der Waals surface area contributed by atoms with E-state index in [4.69, 9.17) is 24.8 Å². The van der Waals surface area contributed by atoms with Gasteiger partial charge in [0, 0.05) is 12.8 Å². The number of carbonyl (C=O) groups excluding carboxylic acids is 2. The van der Waals surface area contributed by atoms with E-state index in [1.165, 1.54) is 38.5 Å². The van der Waals surface area contributed by atoms with Gasteiger partial charge in [0.15, 0.2) is 6.10 Å². The highest BCUT2D eigenvalue weighted by Crippen LogP contribution is 2.43. The number of allylic oxidation sites excluding steroid dienone is 8. The van der Waals surface area contributed by atoms with Crippen molar-refractivity contribution >= 4 is 25.7 Å². The van der Waals surface area contributed by atoms with Crippen LogP contribution in [0.1, 0.15) is 149 Å². The second-order valence-electron chi connectivity index (χ2n) is 12.7. The van der Waals surface area contributed by atoms with Gasteiger partial charge in [0.2, 0.25) is 0 Å². The van der Waals surface area contributed by atoms with Crippen LogP contribution in [0.3, 0.4) is 0 Å². The van der Waals surface area contributed by atoms with Crippen molar-refractivity contribution < 1.29 is 47.5 Å². The van der Waals surface area contributed by atoms with Crippen molar-refractivity contribution in [3.63, 3.8) is 0 Å². The maximum atomic E-state index is 12.5. The summed E-state index contributed by atoms with van der Waals surface area (Å²) in [6.45, 7) is 2.67. The molecule has 294 valence electrons. The van der Waals surface area contributed by atoms with Gasteiger partial charge in [0.1, 0.15) is 12.6 Å². The summed E-state index contributed by atoms with van der Waals surface area (Å²) in [4.78, 5) is 45.7. The van der Waals surface area contributed by atoms with Crippen LogP contribution in [0.5, 0.6) is 0 Å². The van der Waals surface area contributed by atoms with Crippen molar-refractivity contribution in [3.05, 3.63) is 48.6 Å². The van der Waals surface area contributed by atoms with Crippen LogP contribution in [0.25, 0.3) is 0 Å². The van der Waals surface area contributed by atoms with Crippen LogP contribution in [-0.4, -0.2) is 59.9 Å². The van der Waals surface area contributed by atoms with Crippen molar-refractivity contribution in [1.29, 1.82) is 0 Å². The molecule has 11 nitrogen and oxygen atoms in total. The fourth-order valence-corrected chi connectivity index (χ4v) is 5.49. The zero-order chi connectivity index (χ0) is 37.8. The smallest absolute Gasteiger partial charge is 0.472 e. The lowest BCUT2D eigenvalue weighted by atomic mass is 10.1. The Morgan fingerprint density at radius 1 is 0.608 bits per heavy atom. The largest absolute Gasteiger partial charge is 0.480 e. The number of hydrogen-bond acceptors (Lipinski definition) is 9. The van der Waals surface area contributed by atoms with E-state index >= 15 is 0 Å². The summed E-state index contributed by atoms with van der Waals surface area (Å²) in [6, 6.07) is -1.53. The number of unbranched alkanes of at least 4 members (excludes halogenated alkanes) is 13. The predicted molar refractivity (Wildman–Crippen MR) is 203 cm³/mol. The van der Waals surface area contributed by atoms with Crippen molar-refractivity contribution in [2.24, 2.45) is 5.73 Å². The van der Waals surface area contributed by atoms with Gasteiger partial charge in [0.25, 0.3) is 0 Å². The Morgan fingerprint density at radius 2 is 1.04 bits per heavy atom. The Bertz CT molecular complexity index is 1060. The third-order valence-corrected chi connectivity index (χ3v) is 8.75. The van der Waals surface area contributed by atoms with E-state index in [0.717, 1.165) is 70.6 Å². The van der Waals surface area contributed by atoms with E-state index in [0.29, 0.717) is 12.8 Å². The highest BCUT2D eigenvalue weighted by Gasteiger charge is 2.28. The Labute approximate surface area is 307 Å². The third kappa shape index (κ3) is 34.3. The van der Waals surface area contributed by atoms with Crippen LogP contribution in [0.4, 0.5) is 0 Å². The summed E-state index contributed by atoms with van der Waals surface area (Å²) in [5.41, 5.74) is 5.31. The minimum absolute atomic E-state index is 0.141. The Morgan fingerprint density at radius 3 is 1.61 bits per heavy atom. The van der Waals surface area contributed by atoms with Gasteiger partial charge in [-0.25, -0.2) is 4.57 Å². The number of phosphoric acid groups is 1. The summed E-state index contributed by atoms with van der Waals surface area (Å²) < 4.78 is 32.5. The monoisotopic (exact) mass is 741 g/mol. The lowest BCUT2D eigenvalue weighted by Gasteiger charge is -2.20. The third-order valence-electron chi connectivity index (χ3n) is 7.80. The second-order valence-corrected chi connectivity index (χ2v) is 14.2. The molecule has 0 spiro atoms. The molecular weight excluding hydrogens is 673 g/mol. The molecule has 0 bridgehead atoms. The summed E-state index contributed by atoms with van der Waals surface area (Å²) in [7, 11) is -4.72. The highest BCUT2D eigenvalue weighted by molar-refractivity contribution is 7.47. The molecule has 0 aromatic carbocycles. The second kappa shape index (κ2) is 34.5. The normalized spacial score (nSPS) is 14.4. The standard InChI is InChI=1S/C39H68NO10P/c1-3-5-7-9-11-13-15-17-18-19-21-22-24-26-28-30-37(41)47-32-35(33-48-51(45,46)49-34-36(40)39(43)44)50-38(42)31-29-27-25-23-20-16-14-12-10-8-6-4-2/h11-14,17-18,21-22,35-36H,3-10,15-16,19-20,23-34,40H2,1-2H3,(H,43,44)(H,45,46)/b13-11-,14-12-,18-17-,22-21-/t35-,36+/m1/s1. The van der Waals surface area contributed by atoms with E-state index in [9.17, 15) is 23.8 Å². The molecule has 0 aliphatic carbocycles. The Balaban J connectivity index is 4.53. The number of nitrogens with two attached hydrogens (primary N) is 1. The molecule has 0 aromatic rings. The molecule has 0 aliphatic rings. The number of aliphatic carboxylic acids is 1. The number of phosphoric ester groups is 1. The maximum absolute atomic E-state index is 12.5. The minimum Gasteiger partial charge on any atom is -0.480 e. The molecule has 0 aliphatic heterocycles. The fourth-order valence-electron chi connectivity index (χ4n) is 4.71. The molecular formula is C39H68NO10P. The van der Waals surface area contributed by atoms with Crippen molar-refractivity contribution in [3.8, 4) is 0 Å². The number of rotatable bonds is 35. The van der Waals surface area contributed by atoms with Crippen LogP contribution in [0.2, 0.25) is 0 Å². The molecule has 4 N–H and O–H groups in total. The van der Waals surface area contributed by atoms with Gasteiger partial charge in [-0.1, -0.05) is 107 Å². The van der Waals surface area contributed by atoms with E-state index < -0.39 is 51.1 Å². The molecule has 0 rings (SSSR count). The molecule has 3 atom stereocenters. The van der Waals surface area contributed by atoms with E-state index in [1.807, 2.05) is 0 Å². The number of carboxylic acids is 1. The van der Waals surface area contributed by atoms with Crippen LogP contribution < -0.4 is 5.73 Å². The lowest BCUT2D eigenvalue weighted by Crippen LogP contribution is -2.34. The molecule has 12 heteroatoms. The van der Waals surface area contributed by atoms with Gasteiger partial charge in [-0.2, -0.15) is 0 Å². The van der Waals surface area contributed by atoms with Gasteiger partial charge in [-0.15, -0.1) is 0 Å². The van der Waals surface area contributed by atoms with Crippen LogP contribution in [-0.2, 0) is 37.5 Å². The summed E-state index contributed by atoms with van der Waals surface area (Å²) in [5, 5.41) is 8.85. The average Bonchev–Trinajstić information content (AvgIpc) is 3.10. The number of carbonyl (C=O) groups is 3. The van der Waals surface area contributed by atoms with E-state index in [-0.39, 0.29) is 19.4 Å². The fraction of sp³-hybridized carbons (Fsp3) is 0.718. The molecule has 1 unspecified atom stereocenters. The topological polar surface area (TPSA) is 172 Å². The van der Waals surface area contributed by atoms with Gasteiger partial charge < -0.3 is 25.2 Å². The van der Waals surface area contributed by atoms with Crippen molar-refractivity contribution in [2.45, 2.75) is 161 Å². The first-order valence-electron chi connectivity index (χ1n) is 19.2. The first kappa shape index (κ1) is 48.4. The first-order valence-corrected chi connectivity index (χ1v) is 20.7. The number of ether oxygens (including phenoxy) is 2. The quantitative estimate of drug-likeness (QED) is 0.0244. The Hall–Kier alpha value is -2.56. The molecule has 0 saturated heterocycles. The highest BCUT2D eigenvalue weighted by atomic mass is 31.2. The van der Waals surface area contributed by atoms with E-state index in [2.05, 4.69) is 67.0 Å². The van der Waals surface area contributed by atoms with Gasteiger partial charge >= 0.3 is 25.7 Å². The maximum Gasteiger partial charge on any atom is 0.472 e. The molecule has 0 fully saturated rings. The van der Waals surface area contributed by atoms with Gasteiger partial charge in [-0.05, 0) is 77.0 Å². The zero-order valence-corrected chi connectivity index (χ0v) is 32.3. The minimum atomic E-state index is -4.72. The predicted octanol–water partition coefficient (Wildman–Crippen LogP) is 9.44. The zero-order valence-electron chi connectivity index (χ0n) is 31.4. The number of carboxylic acid groups (broad SMARTS) is 1. The number of esters is 2. The van der Waals surface area contributed by atoms with Crippen LogP contribution in [0.15, 0.2) is 48.6 Å². The first-order chi connectivity index (χ1) is 24.6. The van der Waals surface area contributed by atoms with Crippen LogP contribution in [0, 0.1) is 0 Å². The van der Waals surface area contributed by atoms with Crippen molar-refractivity contribution in [1.82, 2.24) is 0 Å². The van der Waals surface area contributed by atoms with E-state index in [1.54, 1.807) is 0 Å². The average molecular weight is 742 g/mol. The SMILES string of the molecule is CCCCC/C=C\C/C=C\C/C=C\CCCCC(=O)OC[C@H](COP(=O)(O)OC[C@H](N)C(=O)O)OC(=O)CCCCCCC/C=C\CCCCC. The summed E-state index contributed by atoms with van der Waals surface area (Å²) in [6.07, 6.45) is 36.1. The molecule has 0 heterocycles.